The third-order valence-corrected chi connectivity index (χ3v) is 4.36. The Labute approximate surface area is 156 Å². The number of carbonyl (C=O) groups is 1. The zero-order chi connectivity index (χ0) is 19.3. The molecular weight excluding hydrogens is 328 g/mol. The van der Waals surface area contributed by atoms with E-state index < -0.39 is 0 Å². The molecule has 0 bridgehead atoms. The summed E-state index contributed by atoms with van der Waals surface area (Å²) in [5.41, 5.74) is 4.30. The summed E-state index contributed by atoms with van der Waals surface area (Å²) in [7, 11) is 3.72. The smallest absolute Gasteiger partial charge is 0.317 e. The molecule has 0 radical (unpaired) electrons. The lowest BCUT2D eigenvalue weighted by Gasteiger charge is -2.18. The van der Waals surface area contributed by atoms with Crippen LogP contribution in [0.5, 0.6) is 5.75 Å². The zero-order valence-corrected chi connectivity index (χ0v) is 16.7. The summed E-state index contributed by atoms with van der Waals surface area (Å²) < 4.78 is 7.56. The number of nitrogens with zero attached hydrogens (tertiary/aromatic N) is 3. The van der Waals surface area contributed by atoms with Gasteiger partial charge in [0.2, 0.25) is 0 Å². The minimum Gasteiger partial charge on any atom is -0.491 e. The number of nitrogens with one attached hydrogen (secondary N) is 1. The molecule has 0 saturated carbocycles. The van der Waals surface area contributed by atoms with Crippen LogP contribution < -0.4 is 10.1 Å². The molecule has 0 spiro atoms. The molecule has 6 heteroatoms. The third kappa shape index (κ3) is 5.25. The second-order valence-corrected chi connectivity index (χ2v) is 6.92. The highest BCUT2D eigenvalue weighted by molar-refractivity contribution is 5.73. The Kier molecular flexibility index (Phi) is 6.66. The molecule has 0 aliphatic rings. The lowest BCUT2D eigenvalue weighted by atomic mass is 10.1. The number of amides is 2. The van der Waals surface area contributed by atoms with Crippen LogP contribution in [0.3, 0.4) is 0 Å². The van der Waals surface area contributed by atoms with Gasteiger partial charge >= 0.3 is 6.03 Å². The van der Waals surface area contributed by atoms with E-state index in [9.17, 15) is 4.79 Å². The Morgan fingerprint density at radius 1 is 1.35 bits per heavy atom. The monoisotopic (exact) mass is 358 g/mol. The zero-order valence-electron chi connectivity index (χ0n) is 16.7. The molecule has 2 aromatic rings. The Morgan fingerprint density at radius 3 is 2.69 bits per heavy atom. The summed E-state index contributed by atoms with van der Waals surface area (Å²) >= 11 is 0. The van der Waals surface area contributed by atoms with Gasteiger partial charge < -0.3 is 15.0 Å². The molecule has 0 fully saturated rings. The van der Waals surface area contributed by atoms with Crippen molar-refractivity contribution in [2.45, 2.75) is 46.8 Å². The van der Waals surface area contributed by atoms with Crippen LogP contribution in [0.15, 0.2) is 24.3 Å². The summed E-state index contributed by atoms with van der Waals surface area (Å²) in [4.78, 5) is 14.0. The van der Waals surface area contributed by atoms with E-state index in [0.29, 0.717) is 13.1 Å². The van der Waals surface area contributed by atoms with E-state index >= 15 is 0 Å². The number of urea groups is 1. The lowest BCUT2D eigenvalue weighted by Crippen LogP contribution is -2.38. The maximum atomic E-state index is 12.3. The molecule has 0 unspecified atom stereocenters. The van der Waals surface area contributed by atoms with E-state index in [1.807, 2.05) is 63.7 Å². The van der Waals surface area contributed by atoms with Crippen LogP contribution in [0.2, 0.25) is 0 Å². The average Bonchev–Trinajstić information content (AvgIpc) is 2.80. The molecule has 6 nitrogen and oxygen atoms in total. The number of aromatic nitrogens is 2. The Bertz CT molecular complexity index is 752. The van der Waals surface area contributed by atoms with Crippen molar-refractivity contribution in [1.82, 2.24) is 20.0 Å². The fourth-order valence-electron chi connectivity index (χ4n) is 2.85. The van der Waals surface area contributed by atoms with Gasteiger partial charge in [-0.2, -0.15) is 5.10 Å². The molecule has 1 N–H and O–H groups in total. The van der Waals surface area contributed by atoms with Crippen LogP contribution in [-0.4, -0.2) is 40.4 Å². The summed E-state index contributed by atoms with van der Waals surface area (Å²) in [6.07, 6.45) is 0.915. The van der Waals surface area contributed by atoms with Crippen LogP contribution in [0, 0.1) is 13.8 Å². The van der Waals surface area contributed by atoms with Gasteiger partial charge in [-0.05, 0) is 51.8 Å². The Hall–Kier alpha value is -2.50. The fraction of sp³-hybridized carbons (Fsp3) is 0.500. The van der Waals surface area contributed by atoms with Crippen molar-refractivity contribution in [3.63, 3.8) is 0 Å². The van der Waals surface area contributed by atoms with Gasteiger partial charge in [-0.3, -0.25) is 4.68 Å². The van der Waals surface area contributed by atoms with E-state index in [1.165, 1.54) is 0 Å². The van der Waals surface area contributed by atoms with Gasteiger partial charge in [0, 0.05) is 31.9 Å². The van der Waals surface area contributed by atoms with Gasteiger partial charge in [0.1, 0.15) is 5.75 Å². The number of hydrogen-bond donors (Lipinski definition) is 1. The normalized spacial score (nSPS) is 10.9. The molecule has 142 valence electrons. The van der Waals surface area contributed by atoms with Crippen LogP contribution in [0.1, 0.15) is 36.4 Å². The number of hydrogen-bond acceptors (Lipinski definition) is 3. The maximum absolute atomic E-state index is 12.3. The summed E-state index contributed by atoms with van der Waals surface area (Å²) in [5.74, 6) is 0.864. The number of benzene rings is 1. The first-order chi connectivity index (χ1) is 12.3. The van der Waals surface area contributed by atoms with Crippen molar-refractivity contribution in [3.8, 4) is 5.75 Å². The second kappa shape index (κ2) is 8.74. The van der Waals surface area contributed by atoms with Gasteiger partial charge in [0.05, 0.1) is 18.3 Å². The third-order valence-electron chi connectivity index (χ3n) is 4.36. The van der Waals surface area contributed by atoms with Crippen molar-refractivity contribution < 1.29 is 9.53 Å². The molecule has 0 atom stereocenters. The molecule has 2 amide bonds. The first kappa shape index (κ1) is 19.8. The Morgan fingerprint density at radius 2 is 2.08 bits per heavy atom. The molecular formula is C20H30N4O2. The predicted molar refractivity (Wildman–Crippen MR) is 103 cm³/mol. The highest BCUT2D eigenvalue weighted by Gasteiger charge is 2.15. The summed E-state index contributed by atoms with van der Waals surface area (Å²) in [5, 5.41) is 7.38. The second-order valence-electron chi connectivity index (χ2n) is 6.92. The number of carbonyl (C=O) groups excluding carboxylic acids is 1. The van der Waals surface area contributed by atoms with Gasteiger partial charge in [-0.15, -0.1) is 0 Å². The van der Waals surface area contributed by atoms with E-state index in [-0.39, 0.29) is 12.1 Å². The Balaban J connectivity index is 1.84. The highest BCUT2D eigenvalue weighted by Crippen LogP contribution is 2.16. The summed E-state index contributed by atoms with van der Waals surface area (Å²) in [6.45, 7) is 9.14. The largest absolute Gasteiger partial charge is 0.491 e. The first-order valence-corrected chi connectivity index (χ1v) is 9.01. The summed E-state index contributed by atoms with van der Waals surface area (Å²) in [6, 6.07) is 7.93. The van der Waals surface area contributed by atoms with Crippen molar-refractivity contribution in [2.75, 3.05) is 13.6 Å². The molecule has 0 aliphatic heterocycles. The topological polar surface area (TPSA) is 59.4 Å². The number of rotatable bonds is 7. The molecule has 1 aromatic carbocycles. The minimum absolute atomic E-state index is 0.0813. The van der Waals surface area contributed by atoms with E-state index in [1.54, 1.807) is 11.9 Å². The molecule has 2 rings (SSSR count). The quantitative estimate of drug-likeness (QED) is 0.827. The van der Waals surface area contributed by atoms with Gasteiger partial charge in [-0.25, -0.2) is 4.79 Å². The van der Waals surface area contributed by atoms with E-state index in [4.69, 9.17) is 4.74 Å². The van der Waals surface area contributed by atoms with Crippen molar-refractivity contribution in [1.29, 1.82) is 0 Å². The average molecular weight is 358 g/mol. The van der Waals surface area contributed by atoms with Crippen LogP contribution in [-0.2, 0) is 20.0 Å². The van der Waals surface area contributed by atoms with Crippen molar-refractivity contribution in [3.05, 3.63) is 46.8 Å². The van der Waals surface area contributed by atoms with Gasteiger partial charge in [-0.1, -0.05) is 12.1 Å². The molecule has 0 saturated heterocycles. The maximum Gasteiger partial charge on any atom is 0.317 e. The lowest BCUT2D eigenvalue weighted by molar-refractivity contribution is 0.207. The van der Waals surface area contributed by atoms with Crippen LogP contribution in [0.25, 0.3) is 0 Å². The SMILES string of the molecule is Cc1nn(C)c(C)c1CN(C)C(=O)NCCc1cccc(OC(C)C)c1. The van der Waals surface area contributed by atoms with Crippen LogP contribution in [0.4, 0.5) is 4.79 Å². The molecule has 0 aliphatic carbocycles. The van der Waals surface area contributed by atoms with E-state index in [0.717, 1.165) is 34.7 Å². The standard InChI is InChI=1S/C20H30N4O2/c1-14(2)26-18-9-7-8-17(12-18)10-11-21-20(25)23(5)13-19-15(3)22-24(6)16(19)4/h7-9,12,14H,10-11,13H2,1-6H3,(H,21,25). The number of aryl methyl sites for hydroxylation is 2. The fourth-order valence-corrected chi connectivity index (χ4v) is 2.85. The minimum atomic E-state index is -0.0813. The van der Waals surface area contributed by atoms with Crippen molar-refractivity contribution >= 4 is 6.03 Å². The molecule has 26 heavy (non-hydrogen) atoms. The van der Waals surface area contributed by atoms with Crippen LogP contribution >= 0.6 is 0 Å². The first-order valence-electron chi connectivity index (χ1n) is 9.01. The van der Waals surface area contributed by atoms with Gasteiger partial charge in [0.25, 0.3) is 0 Å². The molecule has 1 aromatic heterocycles. The molecule has 1 heterocycles. The highest BCUT2D eigenvalue weighted by atomic mass is 16.5. The van der Waals surface area contributed by atoms with Crippen molar-refractivity contribution in [2.24, 2.45) is 7.05 Å². The van der Waals surface area contributed by atoms with Gasteiger partial charge in [0.15, 0.2) is 0 Å². The van der Waals surface area contributed by atoms with E-state index in [2.05, 4.69) is 10.4 Å². The number of ether oxygens (including phenoxy) is 1. The predicted octanol–water partition coefficient (Wildman–Crippen LogP) is 3.21.